The topological polar surface area (TPSA) is 71.5 Å². The highest BCUT2D eigenvalue weighted by Gasteiger charge is 2.38. The third kappa shape index (κ3) is 4.55. The molecule has 2 saturated heterocycles. The minimum Gasteiger partial charge on any atom is -0.472 e. The first-order valence-electron chi connectivity index (χ1n) is 10.9. The molecule has 3 fully saturated rings. The maximum atomic E-state index is 13.0. The van der Waals surface area contributed by atoms with Crippen molar-refractivity contribution in [2.24, 2.45) is 0 Å². The smallest absolute Gasteiger partial charge is 0.433 e. The highest BCUT2D eigenvalue weighted by atomic mass is 19.4. The van der Waals surface area contributed by atoms with Crippen molar-refractivity contribution in [2.45, 2.75) is 49.9 Å². The van der Waals surface area contributed by atoms with E-state index in [0.717, 1.165) is 31.3 Å². The van der Waals surface area contributed by atoms with Gasteiger partial charge in [0.2, 0.25) is 5.88 Å². The Balaban J connectivity index is 1.23. The summed E-state index contributed by atoms with van der Waals surface area (Å²) in [6.07, 6.45) is 2.59. The van der Waals surface area contributed by atoms with E-state index < -0.39 is 17.8 Å². The quantitative estimate of drug-likeness (QED) is 0.717. The number of alkyl halides is 3. The third-order valence-corrected chi connectivity index (χ3v) is 6.27. The molecular weight excluding hydrogens is 423 g/mol. The van der Waals surface area contributed by atoms with Gasteiger partial charge in [0.05, 0.1) is 18.1 Å². The highest BCUT2D eigenvalue weighted by Crippen LogP contribution is 2.38. The molecule has 1 amide bonds. The first-order valence-corrected chi connectivity index (χ1v) is 10.9. The van der Waals surface area contributed by atoms with Crippen LogP contribution in [0.15, 0.2) is 30.6 Å². The molecule has 0 radical (unpaired) electrons. The van der Waals surface area contributed by atoms with Crippen LogP contribution in [0.5, 0.6) is 5.88 Å². The van der Waals surface area contributed by atoms with Gasteiger partial charge >= 0.3 is 6.18 Å². The van der Waals surface area contributed by atoms with Gasteiger partial charge in [-0.15, -0.1) is 0 Å². The number of ether oxygens (including phenoxy) is 1. The minimum atomic E-state index is -4.58. The summed E-state index contributed by atoms with van der Waals surface area (Å²) in [6, 6.07) is 3.52. The average Bonchev–Trinajstić information content (AvgIpc) is 3.58. The summed E-state index contributed by atoms with van der Waals surface area (Å²) in [6.45, 7) is 2.45. The van der Waals surface area contributed by atoms with Gasteiger partial charge in [-0.25, -0.2) is 9.97 Å². The van der Waals surface area contributed by atoms with Gasteiger partial charge in [0, 0.05) is 44.6 Å². The summed E-state index contributed by atoms with van der Waals surface area (Å²) in [7, 11) is 0. The van der Waals surface area contributed by atoms with Gasteiger partial charge in [-0.3, -0.25) is 14.7 Å². The predicted molar refractivity (Wildman–Crippen MR) is 108 cm³/mol. The van der Waals surface area contributed by atoms with Crippen LogP contribution in [-0.2, 0) is 6.18 Å². The number of hydrogen-bond acceptors (Lipinski definition) is 6. The number of hydrogen-bond donors (Lipinski definition) is 0. The lowest BCUT2D eigenvalue weighted by Crippen LogP contribution is -2.40. The summed E-state index contributed by atoms with van der Waals surface area (Å²) in [5.74, 6) is 0.567. The number of halogens is 3. The second kappa shape index (κ2) is 8.31. The Bertz CT molecular complexity index is 980. The molecule has 2 aliphatic heterocycles. The van der Waals surface area contributed by atoms with E-state index in [0.29, 0.717) is 31.3 Å². The SMILES string of the molecule is O=C(c1cccc(C(F)(F)F)n1)N1CCCN2C[C@@H](Oc3cnc(C4CC4)cn3)C[C@H]2C1. The van der Waals surface area contributed by atoms with Crippen molar-refractivity contribution in [2.75, 3.05) is 26.2 Å². The molecule has 0 bridgehead atoms. The van der Waals surface area contributed by atoms with Crippen LogP contribution in [0.3, 0.4) is 0 Å². The molecule has 5 rings (SSSR count). The standard InChI is InChI=1S/C22H24F3N5O2/c23-22(24,25)19-4-1-3-17(28-19)21(31)30-8-2-7-29-13-16(9-15(29)12-30)32-20-11-26-18(10-27-20)14-5-6-14/h1,3-4,10-11,14-16H,2,5-9,12-13H2/t15-,16-/m0/s1. The van der Waals surface area contributed by atoms with Gasteiger partial charge in [-0.2, -0.15) is 13.2 Å². The van der Waals surface area contributed by atoms with E-state index in [1.54, 1.807) is 17.3 Å². The molecule has 2 aromatic heterocycles. The number of amides is 1. The van der Waals surface area contributed by atoms with Crippen LogP contribution < -0.4 is 4.74 Å². The Morgan fingerprint density at radius 3 is 2.66 bits per heavy atom. The van der Waals surface area contributed by atoms with E-state index in [1.807, 2.05) is 0 Å². The van der Waals surface area contributed by atoms with E-state index in [1.165, 1.54) is 25.0 Å². The van der Waals surface area contributed by atoms with E-state index in [9.17, 15) is 18.0 Å². The monoisotopic (exact) mass is 447 g/mol. The molecular formula is C22H24F3N5O2. The Morgan fingerprint density at radius 2 is 1.94 bits per heavy atom. The molecule has 0 aromatic carbocycles. The van der Waals surface area contributed by atoms with Gasteiger partial charge in [0.25, 0.3) is 5.91 Å². The number of nitrogens with zero attached hydrogens (tertiary/aromatic N) is 5. The summed E-state index contributed by atoms with van der Waals surface area (Å²) in [5, 5.41) is 0. The number of rotatable bonds is 4. The van der Waals surface area contributed by atoms with Crippen LogP contribution in [0, 0.1) is 0 Å². The molecule has 170 valence electrons. The molecule has 1 saturated carbocycles. The second-order valence-electron chi connectivity index (χ2n) is 8.69. The fraction of sp³-hybridized carbons (Fsp3) is 0.545. The van der Waals surface area contributed by atoms with Crippen molar-refractivity contribution in [3.8, 4) is 5.88 Å². The zero-order chi connectivity index (χ0) is 22.3. The van der Waals surface area contributed by atoms with Crippen LogP contribution in [0.4, 0.5) is 13.2 Å². The third-order valence-electron chi connectivity index (χ3n) is 6.27. The molecule has 32 heavy (non-hydrogen) atoms. The zero-order valence-corrected chi connectivity index (χ0v) is 17.5. The number of aromatic nitrogens is 3. The fourth-order valence-electron chi connectivity index (χ4n) is 4.50. The van der Waals surface area contributed by atoms with Crippen molar-refractivity contribution in [3.05, 3.63) is 47.7 Å². The van der Waals surface area contributed by atoms with Crippen LogP contribution >= 0.6 is 0 Å². The van der Waals surface area contributed by atoms with Gasteiger partial charge < -0.3 is 9.64 Å². The van der Waals surface area contributed by atoms with Crippen LogP contribution in [0.2, 0.25) is 0 Å². The first kappa shape index (κ1) is 21.1. The Labute approximate surface area is 183 Å². The molecule has 0 N–H and O–H groups in total. The van der Waals surface area contributed by atoms with Gasteiger partial charge in [-0.1, -0.05) is 6.07 Å². The molecule has 3 aliphatic rings. The second-order valence-corrected chi connectivity index (χ2v) is 8.69. The number of carbonyl (C=O) groups is 1. The zero-order valence-electron chi connectivity index (χ0n) is 17.5. The normalized spacial score (nSPS) is 24.2. The highest BCUT2D eigenvalue weighted by molar-refractivity contribution is 5.92. The summed E-state index contributed by atoms with van der Waals surface area (Å²) in [5.41, 5.74) is -0.219. The van der Waals surface area contributed by atoms with Crippen LogP contribution in [0.1, 0.15) is 53.5 Å². The Hall–Kier alpha value is -2.75. The summed E-state index contributed by atoms with van der Waals surface area (Å²) < 4.78 is 45.0. The van der Waals surface area contributed by atoms with E-state index in [-0.39, 0.29) is 17.8 Å². The maximum absolute atomic E-state index is 13.0. The molecule has 10 heteroatoms. The lowest BCUT2D eigenvalue weighted by Gasteiger charge is -2.25. The van der Waals surface area contributed by atoms with Crippen LogP contribution in [0.25, 0.3) is 0 Å². The van der Waals surface area contributed by atoms with Gasteiger partial charge in [0.15, 0.2) is 0 Å². The summed E-state index contributed by atoms with van der Waals surface area (Å²) in [4.78, 5) is 29.2. The largest absolute Gasteiger partial charge is 0.472 e. The lowest BCUT2D eigenvalue weighted by atomic mass is 10.1. The predicted octanol–water partition coefficient (Wildman–Crippen LogP) is 3.14. The van der Waals surface area contributed by atoms with Crippen molar-refractivity contribution >= 4 is 5.91 Å². The van der Waals surface area contributed by atoms with E-state index >= 15 is 0 Å². The molecule has 2 atom stereocenters. The summed E-state index contributed by atoms with van der Waals surface area (Å²) >= 11 is 0. The first-order chi connectivity index (χ1) is 15.4. The van der Waals surface area contributed by atoms with Crippen molar-refractivity contribution < 1.29 is 22.7 Å². The van der Waals surface area contributed by atoms with Crippen molar-refractivity contribution in [3.63, 3.8) is 0 Å². The molecule has 1 aliphatic carbocycles. The fourth-order valence-corrected chi connectivity index (χ4v) is 4.50. The van der Waals surface area contributed by atoms with E-state index in [4.69, 9.17) is 4.74 Å². The van der Waals surface area contributed by atoms with Gasteiger partial charge in [-0.05, 0) is 31.4 Å². The molecule has 4 heterocycles. The van der Waals surface area contributed by atoms with Crippen LogP contribution in [-0.4, -0.2) is 69.0 Å². The molecule has 0 spiro atoms. The minimum absolute atomic E-state index is 0.0668. The van der Waals surface area contributed by atoms with E-state index in [2.05, 4.69) is 19.9 Å². The van der Waals surface area contributed by atoms with Crippen molar-refractivity contribution in [1.29, 1.82) is 0 Å². The van der Waals surface area contributed by atoms with Gasteiger partial charge in [0.1, 0.15) is 17.5 Å². The average molecular weight is 447 g/mol. The molecule has 0 unspecified atom stereocenters. The number of fused-ring (bicyclic) bond motifs is 1. The number of carbonyl (C=O) groups excluding carboxylic acids is 1. The lowest BCUT2D eigenvalue weighted by molar-refractivity contribution is -0.141. The molecule has 7 nitrogen and oxygen atoms in total. The number of pyridine rings is 1. The molecule has 2 aromatic rings. The Kier molecular flexibility index (Phi) is 5.48. The Morgan fingerprint density at radius 1 is 1.09 bits per heavy atom. The maximum Gasteiger partial charge on any atom is 0.433 e. The van der Waals surface area contributed by atoms with Crippen molar-refractivity contribution in [1.82, 2.24) is 24.8 Å².